The zero-order valence-electron chi connectivity index (χ0n) is 13.1. The standard InChI is InChI=1S/C17H13ClF3N3O/c1-22-15-7-10-9(6-13(20)16(21)17(10)23-15)14(24-25)5-8-2-3-12(19)11(18)4-8/h2-4,6,25H,5,7H2,1H3,(H,22,23)/b24-14+. The molecule has 0 radical (unpaired) electrons. The van der Waals surface area contributed by atoms with E-state index >= 15 is 0 Å². The summed E-state index contributed by atoms with van der Waals surface area (Å²) in [7, 11) is 1.53. The van der Waals surface area contributed by atoms with Crippen molar-refractivity contribution in [1.29, 1.82) is 0 Å². The third-order valence-electron chi connectivity index (χ3n) is 4.00. The van der Waals surface area contributed by atoms with Gasteiger partial charge < -0.3 is 10.5 Å². The summed E-state index contributed by atoms with van der Waals surface area (Å²) in [5.74, 6) is -2.19. The molecule has 1 aliphatic rings. The molecule has 0 amide bonds. The quantitative estimate of drug-likeness (QED) is 0.486. The Labute approximate surface area is 146 Å². The van der Waals surface area contributed by atoms with Gasteiger partial charge in [0.1, 0.15) is 11.7 Å². The molecular weight excluding hydrogens is 355 g/mol. The second-order valence-corrected chi connectivity index (χ2v) is 5.92. The van der Waals surface area contributed by atoms with E-state index in [4.69, 9.17) is 11.6 Å². The first kappa shape index (κ1) is 17.3. The number of benzene rings is 2. The highest BCUT2D eigenvalue weighted by Gasteiger charge is 2.28. The summed E-state index contributed by atoms with van der Waals surface area (Å²) in [4.78, 5) is 3.96. The van der Waals surface area contributed by atoms with E-state index in [1.165, 1.54) is 25.2 Å². The zero-order chi connectivity index (χ0) is 18.1. The molecular formula is C17H13ClF3N3O. The number of halogens is 4. The number of rotatable bonds is 3. The summed E-state index contributed by atoms with van der Waals surface area (Å²) in [5.41, 5.74) is 1.35. The Bertz CT molecular complexity index is 912. The summed E-state index contributed by atoms with van der Waals surface area (Å²) in [5, 5.41) is 15.3. The molecule has 8 heteroatoms. The lowest BCUT2D eigenvalue weighted by molar-refractivity contribution is 0.318. The second kappa shape index (κ2) is 6.76. The van der Waals surface area contributed by atoms with Crippen LogP contribution < -0.4 is 5.32 Å². The number of anilines is 1. The van der Waals surface area contributed by atoms with E-state index < -0.39 is 17.5 Å². The van der Waals surface area contributed by atoms with Gasteiger partial charge in [-0.05, 0) is 29.3 Å². The zero-order valence-corrected chi connectivity index (χ0v) is 13.8. The molecule has 25 heavy (non-hydrogen) atoms. The largest absolute Gasteiger partial charge is 0.411 e. The molecule has 0 bridgehead atoms. The first-order valence-corrected chi connectivity index (χ1v) is 7.71. The minimum Gasteiger partial charge on any atom is -0.411 e. The summed E-state index contributed by atoms with van der Waals surface area (Å²) >= 11 is 5.75. The lowest BCUT2D eigenvalue weighted by Gasteiger charge is -2.11. The molecule has 4 nitrogen and oxygen atoms in total. The minimum absolute atomic E-state index is 0.0195. The Balaban J connectivity index is 2.04. The summed E-state index contributed by atoms with van der Waals surface area (Å²) in [6.45, 7) is 0. The van der Waals surface area contributed by atoms with Crippen molar-refractivity contribution >= 4 is 28.8 Å². The van der Waals surface area contributed by atoms with Crippen molar-refractivity contribution in [1.82, 2.24) is 0 Å². The molecule has 3 rings (SSSR count). The van der Waals surface area contributed by atoms with Crippen LogP contribution in [0.3, 0.4) is 0 Å². The smallest absolute Gasteiger partial charge is 0.182 e. The predicted octanol–water partition coefficient (Wildman–Crippen LogP) is 4.17. The molecule has 0 atom stereocenters. The maximum Gasteiger partial charge on any atom is 0.182 e. The number of oxime groups is 1. The van der Waals surface area contributed by atoms with Crippen LogP contribution in [0.5, 0.6) is 0 Å². The average Bonchev–Trinajstić information content (AvgIpc) is 3.04. The van der Waals surface area contributed by atoms with Crippen molar-refractivity contribution in [2.75, 3.05) is 12.4 Å². The van der Waals surface area contributed by atoms with Gasteiger partial charge in [-0.1, -0.05) is 22.8 Å². The lowest BCUT2D eigenvalue weighted by Crippen LogP contribution is -2.10. The van der Waals surface area contributed by atoms with Gasteiger partial charge in [-0.25, -0.2) is 13.2 Å². The third-order valence-corrected chi connectivity index (χ3v) is 4.29. The van der Waals surface area contributed by atoms with Crippen LogP contribution in [0.25, 0.3) is 0 Å². The van der Waals surface area contributed by atoms with E-state index in [1.54, 1.807) is 0 Å². The highest BCUT2D eigenvalue weighted by atomic mass is 35.5. The minimum atomic E-state index is -1.07. The topological polar surface area (TPSA) is 57.0 Å². The average molecular weight is 368 g/mol. The van der Waals surface area contributed by atoms with Crippen LogP contribution in [-0.4, -0.2) is 23.8 Å². The van der Waals surface area contributed by atoms with Crippen LogP contribution in [0.1, 0.15) is 16.7 Å². The third kappa shape index (κ3) is 3.19. The number of fused-ring (bicyclic) bond motifs is 1. The number of hydrogen-bond acceptors (Lipinski definition) is 3. The molecule has 130 valence electrons. The van der Waals surface area contributed by atoms with Gasteiger partial charge in [0.25, 0.3) is 0 Å². The van der Waals surface area contributed by atoms with Crippen LogP contribution in [0.2, 0.25) is 5.02 Å². The van der Waals surface area contributed by atoms with Crippen molar-refractivity contribution in [3.8, 4) is 0 Å². The van der Waals surface area contributed by atoms with E-state index in [0.717, 1.165) is 6.07 Å². The number of hydrogen-bond donors (Lipinski definition) is 2. The summed E-state index contributed by atoms with van der Waals surface area (Å²) in [6, 6.07) is 5.03. The van der Waals surface area contributed by atoms with Crippen molar-refractivity contribution < 1.29 is 18.4 Å². The molecule has 0 saturated heterocycles. The molecule has 1 aliphatic heterocycles. The van der Waals surface area contributed by atoms with Gasteiger partial charge in [-0.15, -0.1) is 0 Å². The fourth-order valence-electron chi connectivity index (χ4n) is 2.75. The van der Waals surface area contributed by atoms with Gasteiger partial charge in [0.05, 0.1) is 16.4 Å². The van der Waals surface area contributed by atoms with Gasteiger partial charge in [-0.2, -0.15) is 0 Å². The number of nitrogens with zero attached hydrogens (tertiary/aromatic N) is 2. The van der Waals surface area contributed by atoms with Crippen LogP contribution in [0.15, 0.2) is 34.4 Å². The van der Waals surface area contributed by atoms with Crippen LogP contribution >= 0.6 is 11.6 Å². The molecule has 0 unspecified atom stereocenters. The normalized spacial score (nSPS) is 15.4. The molecule has 0 aliphatic carbocycles. The maximum atomic E-state index is 14.0. The lowest BCUT2D eigenvalue weighted by atomic mass is 9.95. The molecule has 0 aromatic heterocycles. The monoisotopic (exact) mass is 367 g/mol. The number of amidine groups is 1. The highest BCUT2D eigenvalue weighted by molar-refractivity contribution is 6.30. The Hall–Kier alpha value is -2.54. The Morgan fingerprint density at radius 3 is 2.64 bits per heavy atom. The van der Waals surface area contributed by atoms with Crippen LogP contribution in [0, 0.1) is 17.5 Å². The fraction of sp³-hybridized carbons (Fsp3) is 0.176. The molecule has 0 fully saturated rings. The van der Waals surface area contributed by atoms with Gasteiger partial charge >= 0.3 is 0 Å². The molecule has 0 spiro atoms. The number of aliphatic imine (C=N–C) groups is 1. The van der Waals surface area contributed by atoms with E-state index in [2.05, 4.69) is 15.5 Å². The summed E-state index contributed by atoms with van der Waals surface area (Å²) in [6.07, 6.45) is 0.314. The number of nitrogens with one attached hydrogen (secondary N) is 1. The van der Waals surface area contributed by atoms with Gasteiger partial charge in [-0.3, -0.25) is 4.99 Å². The molecule has 2 N–H and O–H groups in total. The van der Waals surface area contributed by atoms with Gasteiger partial charge in [0, 0.05) is 25.5 Å². The predicted molar refractivity (Wildman–Crippen MR) is 90.5 cm³/mol. The Morgan fingerprint density at radius 1 is 1.24 bits per heavy atom. The Kier molecular flexibility index (Phi) is 4.67. The highest BCUT2D eigenvalue weighted by Crippen LogP contribution is 2.33. The summed E-state index contributed by atoms with van der Waals surface area (Å²) < 4.78 is 41.3. The SMILES string of the molecule is CN=C1Cc2c(/C(Cc3ccc(F)c(Cl)c3)=N/O)cc(F)c(F)c2N1. The van der Waals surface area contributed by atoms with Gasteiger partial charge in [0.2, 0.25) is 0 Å². The van der Waals surface area contributed by atoms with E-state index in [1.807, 2.05) is 0 Å². The molecule has 0 saturated carbocycles. The van der Waals surface area contributed by atoms with E-state index in [0.29, 0.717) is 17.0 Å². The van der Waals surface area contributed by atoms with Crippen molar-refractivity contribution in [2.24, 2.45) is 10.1 Å². The first-order valence-electron chi connectivity index (χ1n) is 7.33. The van der Waals surface area contributed by atoms with Crippen LogP contribution in [0.4, 0.5) is 18.9 Å². The first-order chi connectivity index (χ1) is 11.9. The fourth-order valence-corrected chi connectivity index (χ4v) is 2.96. The van der Waals surface area contributed by atoms with E-state index in [-0.39, 0.29) is 34.8 Å². The second-order valence-electron chi connectivity index (χ2n) is 5.52. The van der Waals surface area contributed by atoms with Crippen LogP contribution in [-0.2, 0) is 12.8 Å². The Morgan fingerprint density at radius 2 is 2.00 bits per heavy atom. The van der Waals surface area contributed by atoms with Crippen molar-refractivity contribution in [2.45, 2.75) is 12.8 Å². The van der Waals surface area contributed by atoms with Crippen molar-refractivity contribution in [3.63, 3.8) is 0 Å². The molecule has 1 heterocycles. The van der Waals surface area contributed by atoms with Crippen molar-refractivity contribution in [3.05, 3.63) is 63.4 Å². The maximum absolute atomic E-state index is 14.0. The van der Waals surface area contributed by atoms with Gasteiger partial charge in [0.15, 0.2) is 11.6 Å². The van der Waals surface area contributed by atoms with E-state index in [9.17, 15) is 18.4 Å². The molecule has 2 aromatic carbocycles. The molecule has 2 aromatic rings.